The predicted molar refractivity (Wildman–Crippen MR) is 69.4 cm³/mol. The maximum absolute atomic E-state index is 11.6. The summed E-state index contributed by atoms with van der Waals surface area (Å²) < 4.78 is 10.4. The number of hydrogen-bond donors (Lipinski definition) is 0. The van der Waals surface area contributed by atoms with Crippen LogP contribution in [0.3, 0.4) is 0 Å². The van der Waals surface area contributed by atoms with Gasteiger partial charge >= 0.3 is 5.97 Å². The van der Waals surface area contributed by atoms with E-state index in [9.17, 15) is 4.79 Å². The molecular formula is C15H20O3. The van der Waals surface area contributed by atoms with Gasteiger partial charge in [0.1, 0.15) is 0 Å². The quantitative estimate of drug-likeness (QED) is 0.573. The molecule has 2 rings (SSSR count). The molecule has 0 aromatic heterocycles. The zero-order valence-electron chi connectivity index (χ0n) is 10.9. The van der Waals surface area contributed by atoms with Gasteiger partial charge in [-0.05, 0) is 24.0 Å². The van der Waals surface area contributed by atoms with Gasteiger partial charge in [0, 0.05) is 6.61 Å². The highest BCUT2D eigenvalue weighted by molar-refractivity contribution is 5.90. The number of ether oxygens (including phenoxy) is 2. The summed E-state index contributed by atoms with van der Waals surface area (Å²) in [5.74, 6) is 0.564. The third-order valence-electron chi connectivity index (χ3n) is 3.58. The van der Waals surface area contributed by atoms with E-state index in [1.807, 2.05) is 18.2 Å². The average Bonchev–Trinajstić information content (AvgIpc) is 2.36. The third kappa shape index (κ3) is 3.33. The van der Waals surface area contributed by atoms with Gasteiger partial charge < -0.3 is 9.47 Å². The highest BCUT2D eigenvalue weighted by Gasteiger charge is 2.17. The van der Waals surface area contributed by atoms with Crippen molar-refractivity contribution in [3.63, 3.8) is 0 Å². The van der Waals surface area contributed by atoms with Crippen molar-refractivity contribution in [1.29, 1.82) is 0 Å². The number of esters is 1. The molecule has 0 heterocycles. The monoisotopic (exact) mass is 248 g/mol. The lowest BCUT2D eigenvalue weighted by atomic mass is 9.83. The van der Waals surface area contributed by atoms with Crippen LogP contribution in [0.1, 0.15) is 41.6 Å². The number of benzene rings is 1. The third-order valence-corrected chi connectivity index (χ3v) is 3.58. The van der Waals surface area contributed by atoms with Crippen molar-refractivity contribution in [2.45, 2.75) is 32.3 Å². The molecule has 3 heteroatoms. The van der Waals surface area contributed by atoms with Crippen molar-refractivity contribution in [2.75, 3.05) is 13.7 Å². The highest BCUT2D eigenvalue weighted by Crippen LogP contribution is 2.29. The molecule has 1 aromatic carbocycles. The first-order chi connectivity index (χ1) is 8.81. The Balaban J connectivity index is 1.82. The summed E-state index contributed by atoms with van der Waals surface area (Å²) in [5.41, 5.74) is 1.50. The smallest absolute Gasteiger partial charge is 0.338 e. The Labute approximate surface area is 108 Å². The van der Waals surface area contributed by atoms with Crippen molar-refractivity contribution in [3.8, 4) is 0 Å². The van der Waals surface area contributed by atoms with Crippen molar-refractivity contribution in [2.24, 2.45) is 5.92 Å². The summed E-state index contributed by atoms with van der Waals surface area (Å²) in [6, 6.07) is 7.44. The van der Waals surface area contributed by atoms with Crippen LogP contribution in [0.25, 0.3) is 0 Å². The van der Waals surface area contributed by atoms with Crippen LogP contribution >= 0.6 is 0 Å². The molecule has 0 unspecified atom stereocenters. The minimum atomic E-state index is -0.298. The molecule has 1 aliphatic rings. The van der Waals surface area contributed by atoms with Gasteiger partial charge in [-0.25, -0.2) is 4.79 Å². The van der Waals surface area contributed by atoms with Crippen LogP contribution in [0.2, 0.25) is 0 Å². The zero-order valence-corrected chi connectivity index (χ0v) is 10.9. The van der Waals surface area contributed by atoms with Gasteiger partial charge in [-0.2, -0.15) is 0 Å². The lowest BCUT2D eigenvalue weighted by Gasteiger charge is -2.24. The molecule has 0 bridgehead atoms. The molecule has 0 saturated heterocycles. The normalized spacial score (nSPS) is 15.2. The average molecular weight is 248 g/mol. The van der Waals surface area contributed by atoms with Crippen molar-refractivity contribution < 1.29 is 14.3 Å². The fourth-order valence-corrected chi connectivity index (χ4v) is 2.17. The molecule has 0 aliphatic heterocycles. The minimum absolute atomic E-state index is 0.298. The molecule has 0 N–H and O–H groups in total. The number of rotatable bonds is 6. The number of hydrogen-bond acceptors (Lipinski definition) is 3. The van der Waals surface area contributed by atoms with Crippen LogP contribution in [0.5, 0.6) is 0 Å². The van der Waals surface area contributed by atoms with E-state index in [0.29, 0.717) is 12.2 Å². The number of carbonyl (C=O) groups is 1. The number of carbonyl (C=O) groups excluding carboxylic acids is 1. The van der Waals surface area contributed by atoms with E-state index in [0.717, 1.165) is 24.5 Å². The van der Waals surface area contributed by atoms with Gasteiger partial charge in [-0.3, -0.25) is 0 Å². The summed E-state index contributed by atoms with van der Waals surface area (Å²) >= 11 is 0. The van der Waals surface area contributed by atoms with Crippen molar-refractivity contribution in [3.05, 3.63) is 35.4 Å². The molecule has 0 radical (unpaired) electrons. The maximum atomic E-state index is 11.6. The van der Waals surface area contributed by atoms with E-state index >= 15 is 0 Å². The van der Waals surface area contributed by atoms with E-state index in [-0.39, 0.29) is 5.97 Å². The summed E-state index contributed by atoms with van der Waals surface area (Å²) in [6.07, 6.45) is 5.21. The fraction of sp³-hybridized carbons (Fsp3) is 0.533. The first kappa shape index (κ1) is 13.1. The van der Waals surface area contributed by atoms with E-state index in [2.05, 4.69) is 0 Å². The second-order valence-corrected chi connectivity index (χ2v) is 4.79. The molecule has 0 spiro atoms. The molecule has 98 valence electrons. The predicted octanol–water partition coefficient (Wildman–Crippen LogP) is 3.18. The van der Waals surface area contributed by atoms with E-state index in [1.54, 1.807) is 6.07 Å². The molecule has 0 atom stereocenters. The standard InChI is InChI=1S/C15H20O3/c1-17-15(16)14-8-3-2-7-13(14)11-18-10-9-12-5-4-6-12/h2-3,7-8,12H,4-6,9-11H2,1H3. The van der Waals surface area contributed by atoms with Crippen molar-refractivity contribution in [1.82, 2.24) is 0 Å². The maximum Gasteiger partial charge on any atom is 0.338 e. The molecule has 1 aliphatic carbocycles. The Morgan fingerprint density at radius 1 is 1.33 bits per heavy atom. The molecule has 3 nitrogen and oxygen atoms in total. The van der Waals surface area contributed by atoms with Gasteiger partial charge in [0.15, 0.2) is 0 Å². The Morgan fingerprint density at radius 3 is 2.78 bits per heavy atom. The molecule has 1 saturated carbocycles. The second kappa shape index (κ2) is 6.55. The topological polar surface area (TPSA) is 35.5 Å². The Kier molecular flexibility index (Phi) is 4.76. The van der Waals surface area contributed by atoms with Crippen LogP contribution in [-0.4, -0.2) is 19.7 Å². The molecule has 1 aromatic rings. The van der Waals surface area contributed by atoms with E-state index < -0.39 is 0 Å². The highest BCUT2D eigenvalue weighted by atomic mass is 16.5. The second-order valence-electron chi connectivity index (χ2n) is 4.79. The summed E-state index contributed by atoms with van der Waals surface area (Å²) in [5, 5.41) is 0. The van der Waals surface area contributed by atoms with Crippen molar-refractivity contribution >= 4 is 5.97 Å². The van der Waals surface area contributed by atoms with E-state index in [1.165, 1.54) is 26.4 Å². The largest absolute Gasteiger partial charge is 0.465 e. The van der Waals surface area contributed by atoms with Crippen LogP contribution in [-0.2, 0) is 16.1 Å². The molecule has 1 fully saturated rings. The summed E-state index contributed by atoms with van der Waals surface area (Å²) in [7, 11) is 1.40. The SMILES string of the molecule is COC(=O)c1ccccc1COCCC1CCC1. The number of methoxy groups -OCH3 is 1. The van der Waals surface area contributed by atoms with Crippen LogP contribution in [0.15, 0.2) is 24.3 Å². The fourth-order valence-electron chi connectivity index (χ4n) is 2.17. The van der Waals surface area contributed by atoms with Crippen LogP contribution < -0.4 is 0 Å². The van der Waals surface area contributed by atoms with Crippen LogP contribution in [0, 0.1) is 5.92 Å². The van der Waals surface area contributed by atoms with Gasteiger partial charge in [0.2, 0.25) is 0 Å². The Hall–Kier alpha value is -1.35. The minimum Gasteiger partial charge on any atom is -0.465 e. The summed E-state index contributed by atoms with van der Waals surface area (Å²) in [6.45, 7) is 1.26. The Bertz CT molecular complexity index is 396. The van der Waals surface area contributed by atoms with Gasteiger partial charge in [-0.15, -0.1) is 0 Å². The van der Waals surface area contributed by atoms with Gasteiger partial charge in [0.25, 0.3) is 0 Å². The van der Waals surface area contributed by atoms with E-state index in [4.69, 9.17) is 9.47 Å². The first-order valence-corrected chi connectivity index (χ1v) is 6.55. The lowest BCUT2D eigenvalue weighted by Crippen LogP contribution is -2.14. The van der Waals surface area contributed by atoms with Crippen LogP contribution in [0.4, 0.5) is 0 Å². The molecule has 18 heavy (non-hydrogen) atoms. The molecular weight excluding hydrogens is 228 g/mol. The lowest BCUT2D eigenvalue weighted by molar-refractivity contribution is 0.0588. The van der Waals surface area contributed by atoms with Gasteiger partial charge in [0.05, 0.1) is 19.3 Å². The van der Waals surface area contributed by atoms with Gasteiger partial charge in [-0.1, -0.05) is 37.5 Å². The summed E-state index contributed by atoms with van der Waals surface area (Å²) in [4.78, 5) is 11.6. The molecule has 0 amide bonds. The zero-order chi connectivity index (χ0) is 12.8. The Morgan fingerprint density at radius 2 is 2.11 bits per heavy atom. The first-order valence-electron chi connectivity index (χ1n) is 6.55.